The quantitative estimate of drug-likeness (QED) is 0.310. The Morgan fingerprint density at radius 1 is 1.21 bits per heavy atom. The van der Waals surface area contributed by atoms with E-state index in [4.69, 9.17) is 16.3 Å². The lowest BCUT2D eigenvalue weighted by atomic mass is 10.1. The number of carbonyl (C=O) groups excluding carboxylic acids is 2. The van der Waals surface area contributed by atoms with Crippen molar-refractivity contribution in [2.75, 3.05) is 11.9 Å². The molecule has 1 heterocycles. The van der Waals surface area contributed by atoms with Crippen LogP contribution in [-0.2, 0) is 9.53 Å². The first-order chi connectivity index (χ1) is 13.8. The highest BCUT2D eigenvalue weighted by molar-refractivity contribution is 9.10. The first-order valence-corrected chi connectivity index (χ1v) is 9.23. The molecule has 2 N–H and O–H groups in total. The molecule has 0 bridgehead atoms. The van der Waals surface area contributed by atoms with E-state index >= 15 is 0 Å². The number of nitro benzene ring substituents is 1. The number of esters is 1. The normalized spacial score (nSPS) is 10.4. The van der Waals surface area contributed by atoms with Crippen molar-refractivity contribution in [2.24, 2.45) is 0 Å². The molecule has 0 aliphatic carbocycles. The lowest BCUT2D eigenvalue weighted by Crippen LogP contribution is -2.21. The van der Waals surface area contributed by atoms with Gasteiger partial charge in [0.25, 0.3) is 11.6 Å². The fraction of sp³-hybridized carbons (Fsp3) is 0.0556. The van der Waals surface area contributed by atoms with Crippen molar-refractivity contribution in [2.45, 2.75) is 0 Å². The van der Waals surface area contributed by atoms with Gasteiger partial charge in [-0.15, -0.1) is 0 Å². The number of benzene rings is 2. The van der Waals surface area contributed by atoms with Crippen LogP contribution < -0.4 is 5.32 Å². The predicted octanol–water partition coefficient (Wildman–Crippen LogP) is 4.20. The standard InChI is InChI=1S/C18H12BrClN4O5/c19-11-3-1-10(2-4-11)14-8-15(23-22-14)18(26)29-9-17(25)21-13-6-5-12(20)7-16(13)24(27)28/h1-8H,9H2,(H,21,25)(H,22,23). The van der Waals surface area contributed by atoms with Gasteiger partial charge >= 0.3 is 5.97 Å². The second kappa shape index (κ2) is 8.84. The lowest BCUT2D eigenvalue weighted by molar-refractivity contribution is -0.383. The number of ether oxygens (including phenoxy) is 1. The largest absolute Gasteiger partial charge is 0.451 e. The molecule has 1 amide bonds. The Kier molecular flexibility index (Phi) is 6.25. The van der Waals surface area contributed by atoms with Gasteiger partial charge < -0.3 is 10.1 Å². The molecule has 0 radical (unpaired) electrons. The van der Waals surface area contributed by atoms with Gasteiger partial charge in [-0.2, -0.15) is 5.10 Å². The Hall–Kier alpha value is -3.24. The van der Waals surface area contributed by atoms with Crippen LogP contribution in [0.15, 0.2) is 53.0 Å². The molecule has 0 fully saturated rings. The van der Waals surface area contributed by atoms with Gasteiger partial charge in [0.2, 0.25) is 0 Å². The minimum Gasteiger partial charge on any atom is -0.451 e. The van der Waals surface area contributed by atoms with E-state index in [-0.39, 0.29) is 22.1 Å². The number of hydrogen-bond acceptors (Lipinski definition) is 6. The zero-order valence-electron chi connectivity index (χ0n) is 14.5. The number of amides is 1. The van der Waals surface area contributed by atoms with E-state index in [0.29, 0.717) is 5.69 Å². The summed E-state index contributed by atoms with van der Waals surface area (Å²) in [4.78, 5) is 34.5. The minimum atomic E-state index is -0.790. The number of halogens is 2. The topological polar surface area (TPSA) is 127 Å². The number of nitro groups is 1. The molecule has 3 aromatic rings. The summed E-state index contributed by atoms with van der Waals surface area (Å²) in [7, 11) is 0. The van der Waals surface area contributed by atoms with Gasteiger partial charge in [-0.25, -0.2) is 4.79 Å². The van der Waals surface area contributed by atoms with E-state index in [1.807, 2.05) is 24.3 Å². The number of anilines is 1. The van der Waals surface area contributed by atoms with Gasteiger partial charge in [0.15, 0.2) is 6.61 Å². The van der Waals surface area contributed by atoms with Gasteiger partial charge in [0, 0.05) is 21.1 Å². The summed E-state index contributed by atoms with van der Waals surface area (Å²) >= 11 is 9.06. The maximum Gasteiger partial charge on any atom is 0.356 e. The van der Waals surface area contributed by atoms with Crippen molar-refractivity contribution < 1.29 is 19.2 Å². The Balaban J connectivity index is 1.60. The number of carbonyl (C=O) groups is 2. The average Bonchev–Trinajstić information content (AvgIpc) is 3.18. The summed E-state index contributed by atoms with van der Waals surface area (Å²) < 4.78 is 5.83. The third-order valence-corrected chi connectivity index (χ3v) is 4.47. The van der Waals surface area contributed by atoms with Crippen molar-refractivity contribution in [1.82, 2.24) is 10.2 Å². The summed E-state index contributed by atoms with van der Waals surface area (Å²) in [6.07, 6.45) is 0. The Morgan fingerprint density at radius 3 is 2.62 bits per heavy atom. The van der Waals surface area contributed by atoms with Crippen molar-refractivity contribution in [1.29, 1.82) is 0 Å². The Labute approximate surface area is 177 Å². The van der Waals surface area contributed by atoms with Gasteiger partial charge in [0.1, 0.15) is 11.4 Å². The first-order valence-electron chi connectivity index (χ1n) is 8.06. The molecule has 0 aliphatic rings. The van der Waals surface area contributed by atoms with E-state index in [1.54, 1.807) is 0 Å². The molecule has 0 aliphatic heterocycles. The number of H-pyrrole nitrogens is 1. The van der Waals surface area contributed by atoms with Crippen molar-refractivity contribution in [3.8, 4) is 11.3 Å². The van der Waals surface area contributed by atoms with Crippen LogP contribution in [0.3, 0.4) is 0 Å². The lowest BCUT2D eigenvalue weighted by Gasteiger charge is -2.06. The summed E-state index contributed by atoms with van der Waals surface area (Å²) in [5, 5.41) is 20.1. The molecular formula is C18H12BrClN4O5. The molecule has 0 atom stereocenters. The SMILES string of the molecule is O=C(COC(=O)c1cc(-c2ccc(Br)cc2)n[nH]1)Nc1ccc(Cl)cc1[N+](=O)[O-]. The minimum absolute atomic E-state index is 0.0560. The van der Waals surface area contributed by atoms with Crippen LogP contribution in [0.5, 0.6) is 0 Å². The number of hydrogen-bond donors (Lipinski definition) is 2. The van der Waals surface area contributed by atoms with Crippen LogP contribution >= 0.6 is 27.5 Å². The van der Waals surface area contributed by atoms with E-state index in [2.05, 4.69) is 31.4 Å². The van der Waals surface area contributed by atoms with Crippen LogP contribution in [0.4, 0.5) is 11.4 Å². The van der Waals surface area contributed by atoms with Gasteiger partial charge in [-0.1, -0.05) is 39.7 Å². The van der Waals surface area contributed by atoms with Gasteiger partial charge in [0.05, 0.1) is 10.6 Å². The summed E-state index contributed by atoms with van der Waals surface area (Å²) in [5.41, 5.74) is 0.958. The molecule has 0 saturated carbocycles. The molecule has 1 aromatic heterocycles. The molecule has 0 spiro atoms. The van der Waals surface area contributed by atoms with Crippen molar-refractivity contribution in [3.63, 3.8) is 0 Å². The summed E-state index contributed by atoms with van der Waals surface area (Å²) in [6, 6.07) is 12.6. The fourth-order valence-corrected chi connectivity index (χ4v) is 2.78. The summed E-state index contributed by atoms with van der Waals surface area (Å²) in [5.74, 6) is -1.53. The highest BCUT2D eigenvalue weighted by Crippen LogP contribution is 2.27. The molecule has 148 valence electrons. The number of nitrogens with zero attached hydrogens (tertiary/aromatic N) is 2. The van der Waals surface area contributed by atoms with Gasteiger partial charge in [-0.05, 0) is 30.3 Å². The highest BCUT2D eigenvalue weighted by atomic mass is 79.9. The maximum atomic E-state index is 12.1. The summed E-state index contributed by atoms with van der Waals surface area (Å²) in [6.45, 7) is -0.634. The highest BCUT2D eigenvalue weighted by Gasteiger charge is 2.18. The molecular weight excluding hydrogens is 468 g/mol. The Morgan fingerprint density at radius 2 is 1.93 bits per heavy atom. The third-order valence-electron chi connectivity index (χ3n) is 3.70. The van der Waals surface area contributed by atoms with Gasteiger partial charge in [-0.3, -0.25) is 20.0 Å². The molecule has 0 saturated heterocycles. The van der Waals surface area contributed by atoms with Crippen molar-refractivity contribution >= 4 is 50.8 Å². The maximum absolute atomic E-state index is 12.1. The second-order valence-electron chi connectivity index (χ2n) is 5.72. The predicted molar refractivity (Wildman–Crippen MR) is 109 cm³/mol. The van der Waals surface area contributed by atoms with E-state index in [9.17, 15) is 19.7 Å². The average molecular weight is 480 g/mol. The van der Waals surface area contributed by atoms with Crippen LogP contribution in [0.2, 0.25) is 5.02 Å². The van der Waals surface area contributed by atoms with Crippen LogP contribution in [0, 0.1) is 10.1 Å². The van der Waals surface area contributed by atoms with E-state index < -0.39 is 23.4 Å². The smallest absolute Gasteiger partial charge is 0.356 e. The Bertz CT molecular complexity index is 1080. The zero-order valence-corrected chi connectivity index (χ0v) is 16.9. The molecule has 29 heavy (non-hydrogen) atoms. The van der Waals surface area contributed by atoms with Crippen molar-refractivity contribution in [3.05, 3.63) is 73.8 Å². The molecule has 3 rings (SSSR count). The zero-order chi connectivity index (χ0) is 21.0. The number of aromatic nitrogens is 2. The molecule has 0 unspecified atom stereocenters. The molecule has 9 nitrogen and oxygen atoms in total. The first kappa shape index (κ1) is 20.5. The molecule has 11 heteroatoms. The number of nitrogens with one attached hydrogen (secondary N) is 2. The third kappa shape index (κ3) is 5.18. The van der Waals surface area contributed by atoms with E-state index in [0.717, 1.165) is 16.1 Å². The van der Waals surface area contributed by atoms with Crippen LogP contribution in [0.1, 0.15) is 10.5 Å². The molecule has 2 aromatic carbocycles. The van der Waals surface area contributed by atoms with Crippen LogP contribution in [0.25, 0.3) is 11.3 Å². The monoisotopic (exact) mass is 478 g/mol. The number of aromatic amines is 1. The van der Waals surface area contributed by atoms with Crippen LogP contribution in [-0.4, -0.2) is 33.6 Å². The number of rotatable bonds is 6. The van der Waals surface area contributed by atoms with E-state index in [1.165, 1.54) is 18.2 Å². The fourth-order valence-electron chi connectivity index (χ4n) is 2.35. The second-order valence-corrected chi connectivity index (χ2v) is 7.07.